The Hall–Kier alpha value is -1.88. The lowest BCUT2D eigenvalue weighted by Crippen LogP contribution is -2.52. The summed E-state index contributed by atoms with van der Waals surface area (Å²) in [7, 11) is -2.07. The highest BCUT2D eigenvalue weighted by Gasteiger charge is 2.40. The molecule has 2 atom stereocenters. The molecule has 0 aliphatic heterocycles. The Morgan fingerprint density at radius 1 is 1.07 bits per heavy atom. The van der Waals surface area contributed by atoms with Gasteiger partial charge in [0.25, 0.3) is 5.91 Å². The number of rotatable bonds is 9. The van der Waals surface area contributed by atoms with Crippen LogP contribution in [0.4, 0.5) is 0 Å². The van der Waals surface area contributed by atoms with Crippen LogP contribution in [0, 0.1) is 0 Å². The summed E-state index contributed by atoms with van der Waals surface area (Å²) in [5, 5.41) is 3.29. The third kappa shape index (κ3) is 7.12. The zero-order valence-corrected chi connectivity index (χ0v) is 20.4. The largest absolute Gasteiger partial charge is 0.408 e. The van der Waals surface area contributed by atoms with Crippen LogP contribution in [0.15, 0.2) is 72.8 Å². The smallest absolute Gasteiger partial charge is 0.251 e. The lowest BCUT2D eigenvalue weighted by Gasteiger charge is -2.41. The Morgan fingerprint density at radius 3 is 2.17 bits per heavy atom. The Balaban J connectivity index is 2.36. The fourth-order valence-electron chi connectivity index (χ4n) is 2.92. The lowest BCUT2D eigenvalue weighted by molar-refractivity contribution is 0.0890. The number of carbonyl (C=O) groups excluding carboxylic acids is 1. The van der Waals surface area contributed by atoms with Crippen molar-refractivity contribution >= 4 is 25.8 Å². The summed E-state index contributed by atoms with van der Waals surface area (Å²) in [6.45, 7) is 11.1. The molecule has 0 unspecified atom stereocenters. The number of hydrogen-bond donors (Lipinski definition) is 1. The fraction of sp³-hybridized carbons (Fsp3) is 0.400. The van der Waals surface area contributed by atoms with E-state index in [0.717, 1.165) is 5.56 Å². The predicted molar refractivity (Wildman–Crippen MR) is 130 cm³/mol. The van der Waals surface area contributed by atoms with Crippen LogP contribution in [0.3, 0.4) is 0 Å². The molecule has 1 N–H and O–H groups in total. The first-order valence-corrected chi connectivity index (χ1v) is 13.9. The van der Waals surface area contributed by atoms with Gasteiger partial charge in [0, 0.05) is 11.4 Å². The van der Waals surface area contributed by atoms with Gasteiger partial charge in [-0.1, -0.05) is 81.5 Å². The van der Waals surface area contributed by atoms with Gasteiger partial charge in [-0.2, -0.15) is 0 Å². The van der Waals surface area contributed by atoms with E-state index in [1.807, 2.05) is 60.7 Å². The number of alkyl halides is 1. The lowest BCUT2D eigenvalue weighted by atomic mass is 10.00. The zero-order valence-electron chi connectivity index (χ0n) is 18.7. The zero-order chi connectivity index (χ0) is 22.2. The standard InChI is InChI=1S/C25H34ClNO2Si/c1-25(2,3)30(4,5)29-23(17-12-18-26)22(19-20-13-8-6-9-14-20)27-24(28)21-15-10-7-11-16-21/h6-17,22-23H,18-19H2,1-5H3,(H,27,28)/b17-12+/t22-,23-/m0/s1. The molecule has 0 heterocycles. The van der Waals surface area contributed by atoms with Gasteiger partial charge in [0.2, 0.25) is 0 Å². The SMILES string of the molecule is CC(C)(C)[Si](C)(C)O[C@@H](/C=C/CCl)[C@H](Cc1ccccc1)NC(=O)c1ccccc1. The van der Waals surface area contributed by atoms with Crippen LogP contribution in [-0.2, 0) is 10.8 Å². The summed E-state index contributed by atoms with van der Waals surface area (Å²) in [5.74, 6) is 0.307. The highest BCUT2D eigenvalue weighted by atomic mass is 35.5. The van der Waals surface area contributed by atoms with Crippen LogP contribution in [0.2, 0.25) is 18.1 Å². The molecule has 1 amide bonds. The number of hydrogen-bond acceptors (Lipinski definition) is 2. The third-order valence-electron chi connectivity index (χ3n) is 5.70. The van der Waals surface area contributed by atoms with Crippen molar-refractivity contribution in [1.82, 2.24) is 5.32 Å². The fourth-order valence-corrected chi connectivity index (χ4v) is 4.30. The second kappa shape index (κ2) is 10.9. The number of nitrogens with one attached hydrogen (secondary N) is 1. The highest BCUT2D eigenvalue weighted by molar-refractivity contribution is 6.74. The van der Waals surface area contributed by atoms with Gasteiger partial charge in [0.05, 0.1) is 12.1 Å². The number of amides is 1. The number of carbonyl (C=O) groups is 1. The number of benzene rings is 2. The first-order chi connectivity index (χ1) is 14.1. The third-order valence-corrected chi connectivity index (χ3v) is 10.4. The van der Waals surface area contributed by atoms with Crippen LogP contribution in [0.1, 0.15) is 36.7 Å². The van der Waals surface area contributed by atoms with Crippen molar-refractivity contribution in [3.05, 3.63) is 83.9 Å². The molecule has 0 aromatic heterocycles. The first-order valence-electron chi connectivity index (χ1n) is 10.4. The summed E-state index contributed by atoms with van der Waals surface area (Å²) >= 11 is 5.95. The van der Waals surface area contributed by atoms with Crippen molar-refractivity contribution < 1.29 is 9.22 Å². The van der Waals surface area contributed by atoms with Gasteiger partial charge in [-0.15, -0.1) is 11.6 Å². The molecule has 2 aromatic carbocycles. The summed E-state index contributed by atoms with van der Waals surface area (Å²) in [5.41, 5.74) is 1.79. The van der Waals surface area contributed by atoms with E-state index in [9.17, 15) is 4.79 Å². The van der Waals surface area contributed by atoms with Crippen LogP contribution >= 0.6 is 11.6 Å². The van der Waals surface area contributed by atoms with Gasteiger partial charge < -0.3 is 9.74 Å². The molecule has 0 radical (unpaired) electrons. The van der Waals surface area contributed by atoms with E-state index in [2.05, 4.69) is 51.3 Å². The predicted octanol–water partition coefficient (Wildman–Crippen LogP) is 6.21. The molecule has 30 heavy (non-hydrogen) atoms. The van der Waals surface area contributed by atoms with Crippen LogP contribution in [0.25, 0.3) is 0 Å². The van der Waals surface area contributed by atoms with E-state index in [1.54, 1.807) is 0 Å². The topological polar surface area (TPSA) is 38.3 Å². The molecular weight excluding hydrogens is 410 g/mol. The van der Waals surface area contributed by atoms with Crippen molar-refractivity contribution in [2.24, 2.45) is 0 Å². The summed E-state index contributed by atoms with van der Waals surface area (Å²) in [6.07, 6.45) is 4.32. The van der Waals surface area contributed by atoms with Gasteiger partial charge in [-0.05, 0) is 42.2 Å². The molecule has 2 rings (SSSR count). The minimum absolute atomic E-state index is 0.0563. The Labute approximate surface area is 187 Å². The molecule has 0 aliphatic rings. The van der Waals surface area contributed by atoms with Gasteiger partial charge in [0.1, 0.15) is 0 Å². The molecule has 3 nitrogen and oxygen atoms in total. The van der Waals surface area contributed by atoms with E-state index in [4.69, 9.17) is 16.0 Å². The first kappa shape index (κ1) is 24.4. The molecule has 0 bridgehead atoms. The second-order valence-corrected chi connectivity index (χ2v) is 14.1. The van der Waals surface area contributed by atoms with Crippen LogP contribution < -0.4 is 5.32 Å². The average molecular weight is 444 g/mol. The van der Waals surface area contributed by atoms with Crippen LogP contribution in [0.5, 0.6) is 0 Å². The molecule has 162 valence electrons. The minimum atomic E-state index is -2.07. The number of allylic oxidation sites excluding steroid dienone is 1. The molecular formula is C25H34ClNO2Si. The number of halogens is 1. The normalized spacial score (nSPS) is 14.5. The molecule has 5 heteroatoms. The van der Waals surface area contributed by atoms with E-state index in [0.29, 0.717) is 17.9 Å². The van der Waals surface area contributed by atoms with Gasteiger partial charge in [-0.25, -0.2) is 0 Å². The molecule has 0 spiro atoms. The summed E-state index contributed by atoms with van der Waals surface area (Å²) in [6, 6.07) is 19.3. The molecule has 2 aromatic rings. The van der Waals surface area contributed by atoms with Crippen molar-refractivity contribution in [3.8, 4) is 0 Å². The Morgan fingerprint density at radius 2 is 1.63 bits per heavy atom. The maximum atomic E-state index is 13.0. The van der Waals surface area contributed by atoms with Crippen LogP contribution in [-0.4, -0.2) is 32.3 Å². The van der Waals surface area contributed by atoms with Gasteiger partial charge >= 0.3 is 0 Å². The van der Waals surface area contributed by atoms with E-state index in [1.165, 1.54) is 0 Å². The van der Waals surface area contributed by atoms with Crippen molar-refractivity contribution in [3.63, 3.8) is 0 Å². The minimum Gasteiger partial charge on any atom is -0.408 e. The quantitative estimate of drug-likeness (QED) is 0.284. The molecule has 0 saturated carbocycles. The highest BCUT2D eigenvalue weighted by Crippen LogP contribution is 2.38. The summed E-state index contributed by atoms with van der Waals surface area (Å²) in [4.78, 5) is 13.0. The maximum Gasteiger partial charge on any atom is 0.251 e. The van der Waals surface area contributed by atoms with Gasteiger partial charge in [0.15, 0.2) is 8.32 Å². The van der Waals surface area contributed by atoms with Crippen molar-refractivity contribution in [2.45, 2.75) is 57.5 Å². The molecule has 0 saturated heterocycles. The van der Waals surface area contributed by atoms with Crippen molar-refractivity contribution in [1.29, 1.82) is 0 Å². The second-order valence-electron chi connectivity index (χ2n) is 9.06. The average Bonchev–Trinajstić information content (AvgIpc) is 2.71. The maximum absolute atomic E-state index is 13.0. The summed E-state index contributed by atoms with van der Waals surface area (Å²) < 4.78 is 6.75. The molecule has 0 fully saturated rings. The van der Waals surface area contributed by atoms with E-state index < -0.39 is 8.32 Å². The Bertz CT molecular complexity index is 816. The van der Waals surface area contributed by atoms with E-state index in [-0.39, 0.29) is 23.1 Å². The van der Waals surface area contributed by atoms with Gasteiger partial charge in [-0.3, -0.25) is 4.79 Å². The van der Waals surface area contributed by atoms with E-state index >= 15 is 0 Å². The van der Waals surface area contributed by atoms with Crippen molar-refractivity contribution in [2.75, 3.05) is 5.88 Å². The Kier molecular flexibility index (Phi) is 8.89. The monoisotopic (exact) mass is 443 g/mol. The molecule has 0 aliphatic carbocycles.